The Balaban J connectivity index is 2.15. The summed E-state index contributed by atoms with van der Waals surface area (Å²) < 4.78 is 5.11. The first-order chi connectivity index (χ1) is 7.54. The molecule has 1 aromatic heterocycles. The van der Waals surface area contributed by atoms with E-state index in [1.54, 1.807) is 11.0 Å². The maximum absolute atomic E-state index is 10.6. The Kier molecular flexibility index (Phi) is 2.37. The van der Waals surface area contributed by atoms with E-state index in [0.29, 0.717) is 18.8 Å². The summed E-state index contributed by atoms with van der Waals surface area (Å²) in [4.78, 5) is 12.3. The summed E-state index contributed by atoms with van der Waals surface area (Å²) >= 11 is 0. The van der Waals surface area contributed by atoms with Crippen LogP contribution in [0.2, 0.25) is 0 Å². The van der Waals surface area contributed by atoms with E-state index in [4.69, 9.17) is 15.9 Å². The number of anilines is 1. The molecule has 1 aliphatic rings. The number of β-amino-alcohol motifs (C(OH)–C–C–N with tert-alkyl or cyclic N) is 1. The highest BCUT2D eigenvalue weighted by molar-refractivity contribution is 5.84. The van der Waals surface area contributed by atoms with Gasteiger partial charge in [-0.1, -0.05) is 5.92 Å². The van der Waals surface area contributed by atoms with E-state index in [9.17, 15) is 9.90 Å². The average molecular weight is 221 g/mol. The first kappa shape index (κ1) is 10.6. The summed E-state index contributed by atoms with van der Waals surface area (Å²) in [5.41, 5.74) is -1.14. The molecule has 0 bridgehead atoms. The number of terminal acetylenes is 1. The Hall–Kier alpha value is -1.93. The molecule has 2 heterocycles. The second-order valence-electron chi connectivity index (χ2n) is 3.79. The molecule has 0 saturated carbocycles. The minimum absolute atomic E-state index is 0.119. The van der Waals surface area contributed by atoms with Crippen molar-refractivity contribution < 1.29 is 19.4 Å². The van der Waals surface area contributed by atoms with Crippen molar-refractivity contribution in [3.05, 3.63) is 17.9 Å². The van der Waals surface area contributed by atoms with Gasteiger partial charge in [-0.15, -0.1) is 6.42 Å². The molecule has 1 saturated heterocycles. The number of hydrogen-bond acceptors (Lipinski definition) is 4. The molecule has 0 aliphatic carbocycles. The van der Waals surface area contributed by atoms with Gasteiger partial charge in [0, 0.05) is 19.0 Å². The summed E-state index contributed by atoms with van der Waals surface area (Å²) in [5, 5.41) is 18.5. The van der Waals surface area contributed by atoms with Crippen LogP contribution >= 0.6 is 0 Å². The molecule has 16 heavy (non-hydrogen) atoms. The normalized spacial score (nSPS) is 24.4. The molecule has 1 aromatic rings. The zero-order valence-electron chi connectivity index (χ0n) is 8.51. The zero-order chi connectivity index (χ0) is 11.8. The van der Waals surface area contributed by atoms with Crippen LogP contribution in [0.4, 0.5) is 5.88 Å². The molecular weight excluding hydrogens is 210 g/mol. The van der Waals surface area contributed by atoms with Crippen molar-refractivity contribution in [2.45, 2.75) is 12.0 Å². The Morgan fingerprint density at radius 2 is 2.38 bits per heavy atom. The third-order valence-corrected chi connectivity index (χ3v) is 2.63. The predicted molar refractivity (Wildman–Crippen MR) is 56.3 cm³/mol. The monoisotopic (exact) mass is 221 g/mol. The van der Waals surface area contributed by atoms with Gasteiger partial charge in [0.05, 0.1) is 6.54 Å². The zero-order valence-corrected chi connectivity index (χ0v) is 8.51. The van der Waals surface area contributed by atoms with E-state index in [1.807, 2.05) is 0 Å². The number of nitrogens with zero attached hydrogens (tertiary/aromatic N) is 1. The topological polar surface area (TPSA) is 73.9 Å². The van der Waals surface area contributed by atoms with Gasteiger partial charge in [-0.25, -0.2) is 4.79 Å². The number of carboxylic acids is 1. The van der Waals surface area contributed by atoms with Crippen molar-refractivity contribution in [2.75, 3.05) is 18.0 Å². The van der Waals surface area contributed by atoms with Gasteiger partial charge in [0.1, 0.15) is 5.60 Å². The molecule has 1 fully saturated rings. The number of aromatic carboxylic acids is 1. The van der Waals surface area contributed by atoms with Gasteiger partial charge < -0.3 is 19.5 Å². The van der Waals surface area contributed by atoms with Gasteiger partial charge in [-0.3, -0.25) is 0 Å². The van der Waals surface area contributed by atoms with Crippen molar-refractivity contribution in [1.82, 2.24) is 0 Å². The van der Waals surface area contributed by atoms with Gasteiger partial charge in [0.25, 0.3) is 0 Å². The molecule has 2 N–H and O–H groups in total. The van der Waals surface area contributed by atoms with E-state index >= 15 is 0 Å². The van der Waals surface area contributed by atoms with Crippen LogP contribution in [0.15, 0.2) is 16.5 Å². The van der Waals surface area contributed by atoms with Crippen LogP contribution in [0.1, 0.15) is 17.0 Å². The fourth-order valence-corrected chi connectivity index (χ4v) is 1.71. The summed E-state index contributed by atoms with van der Waals surface area (Å²) in [6, 6.07) is 2.94. The molecule has 5 nitrogen and oxygen atoms in total. The Morgan fingerprint density at radius 3 is 2.88 bits per heavy atom. The van der Waals surface area contributed by atoms with Crippen LogP contribution in [-0.2, 0) is 0 Å². The summed E-state index contributed by atoms with van der Waals surface area (Å²) in [6.45, 7) is 0.809. The molecule has 1 unspecified atom stereocenters. The van der Waals surface area contributed by atoms with Crippen molar-refractivity contribution in [2.24, 2.45) is 0 Å². The minimum Gasteiger partial charge on any atom is -0.475 e. The third kappa shape index (κ3) is 1.75. The van der Waals surface area contributed by atoms with Crippen LogP contribution in [0.5, 0.6) is 0 Å². The molecule has 0 radical (unpaired) electrons. The molecular formula is C11H11NO4. The highest BCUT2D eigenvalue weighted by Crippen LogP contribution is 2.27. The summed E-state index contributed by atoms with van der Waals surface area (Å²) in [7, 11) is 0. The number of hydrogen-bond donors (Lipinski definition) is 2. The van der Waals surface area contributed by atoms with E-state index in [1.165, 1.54) is 6.07 Å². The molecule has 0 aromatic carbocycles. The van der Waals surface area contributed by atoms with E-state index in [-0.39, 0.29) is 12.3 Å². The maximum atomic E-state index is 10.6. The molecule has 5 heteroatoms. The van der Waals surface area contributed by atoms with E-state index < -0.39 is 11.6 Å². The van der Waals surface area contributed by atoms with E-state index in [2.05, 4.69) is 5.92 Å². The van der Waals surface area contributed by atoms with Gasteiger partial charge >= 0.3 is 5.97 Å². The second kappa shape index (κ2) is 3.58. The van der Waals surface area contributed by atoms with Gasteiger partial charge in [0.15, 0.2) is 5.88 Å². The van der Waals surface area contributed by atoms with Gasteiger partial charge in [0.2, 0.25) is 5.76 Å². The molecule has 84 valence electrons. The molecule has 0 spiro atoms. The first-order valence-electron chi connectivity index (χ1n) is 4.82. The van der Waals surface area contributed by atoms with Crippen LogP contribution in [-0.4, -0.2) is 34.9 Å². The minimum atomic E-state index is -1.14. The first-order valence-corrected chi connectivity index (χ1v) is 4.82. The number of furan rings is 1. The lowest BCUT2D eigenvalue weighted by Crippen LogP contribution is -2.31. The second-order valence-corrected chi connectivity index (χ2v) is 3.79. The summed E-state index contributed by atoms with van der Waals surface area (Å²) in [6.07, 6.45) is 5.66. The van der Waals surface area contributed by atoms with E-state index in [0.717, 1.165) is 0 Å². The van der Waals surface area contributed by atoms with Gasteiger partial charge in [-0.2, -0.15) is 0 Å². The van der Waals surface area contributed by atoms with Crippen molar-refractivity contribution in [1.29, 1.82) is 0 Å². The fraction of sp³-hybridized carbons (Fsp3) is 0.364. The highest BCUT2D eigenvalue weighted by atomic mass is 16.4. The van der Waals surface area contributed by atoms with Gasteiger partial charge in [-0.05, 0) is 6.07 Å². The average Bonchev–Trinajstić information content (AvgIpc) is 2.84. The third-order valence-electron chi connectivity index (χ3n) is 2.63. The summed E-state index contributed by atoms with van der Waals surface area (Å²) in [5.74, 6) is 1.51. The Labute approximate surface area is 92.3 Å². The molecule has 0 amide bonds. The molecule has 2 rings (SSSR count). The lowest BCUT2D eigenvalue weighted by Gasteiger charge is -2.17. The fourth-order valence-electron chi connectivity index (χ4n) is 1.71. The Bertz CT molecular complexity index is 459. The largest absolute Gasteiger partial charge is 0.475 e. The quantitative estimate of drug-likeness (QED) is 0.713. The van der Waals surface area contributed by atoms with Crippen LogP contribution in [0.3, 0.4) is 0 Å². The lowest BCUT2D eigenvalue weighted by atomic mass is 10.1. The van der Waals surface area contributed by atoms with Crippen LogP contribution < -0.4 is 4.90 Å². The number of rotatable bonds is 2. The van der Waals surface area contributed by atoms with Crippen molar-refractivity contribution in [3.63, 3.8) is 0 Å². The van der Waals surface area contributed by atoms with Crippen LogP contribution in [0.25, 0.3) is 0 Å². The smallest absolute Gasteiger partial charge is 0.371 e. The SMILES string of the molecule is C#CC1(O)CCN(c2ccc(C(=O)O)o2)C1. The lowest BCUT2D eigenvalue weighted by molar-refractivity contribution is 0.0663. The van der Waals surface area contributed by atoms with Crippen molar-refractivity contribution in [3.8, 4) is 12.3 Å². The highest BCUT2D eigenvalue weighted by Gasteiger charge is 2.35. The number of carbonyl (C=O) groups is 1. The van der Waals surface area contributed by atoms with Crippen LogP contribution in [0, 0.1) is 12.3 Å². The number of aliphatic hydroxyl groups is 1. The number of carboxylic acid groups (broad SMARTS) is 1. The molecule has 1 atom stereocenters. The molecule has 1 aliphatic heterocycles. The maximum Gasteiger partial charge on any atom is 0.371 e. The predicted octanol–water partition coefficient (Wildman–Crippen LogP) is 0.552. The standard InChI is InChI=1S/C11H11NO4/c1-2-11(15)5-6-12(7-11)9-4-3-8(16-9)10(13)14/h1,3-4,15H,5-7H2,(H,13,14). The van der Waals surface area contributed by atoms with Crippen molar-refractivity contribution >= 4 is 11.9 Å². The Morgan fingerprint density at radius 1 is 1.62 bits per heavy atom.